The molecule has 1 aliphatic carbocycles. The highest BCUT2D eigenvalue weighted by atomic mass is 35.5. The van der Waals surface area contributed by atoms with Crippen molar-refractivity contribution in [2.24, 2.45) is 17.3 Å². The van der Waals surface area contributed by atoms with Crippen LogP contribution >= 0.6 is 23.4 Å². The highest BCUT2D eigenvalue weighted by Crippen LogP contribution is 2.53. The van der Waals surface area contributed by atoms with Gasteiger partial charge >= 0.3 is 5.97 Å². The van der Waals surface area contributed by atoms with Crippen LogP contribution in [-0.2, 0) is 16.8 Å². The summed E-state index contributed by atoms with van der Waals surface area (Å²) >= 11 is 8.04. The molecule has 1 heterocycles. The van der Waals surface area contributed by atoms with Crippen molar-refractivity contribution < 1.29 is 15.0 Å². The van der Waals surface area contributed by atoms with Gasteiger partial charge in [-0.25, -0.2) is 4.98 Å². The molecular weight excluding hydrogens is 660 g/mol. The maximum atomic E-state index is 11.5. The first kappa shape index (κ1) is 39.6. The summed E-state index contributed by atoms with van der Waals surface area (Å²) < 4.78 is 0. The van der Waals surface area contributed by atoms with Crippen LogP contribution in [0.25, 0.3) is 23.1 Å². The zero-order valence-corrected chi connectivity index (χ0v) is 32.2. The maximum absolute atomic E-state index is 11.5. The van der Waals surface area contributed by atoms with Crippen LogP contribution in [0.5, 0.6) is 0 Å². The number of halogens is 1. The number of rotatable bonds is 16. The first-order valence-electron chi connectivity index (χ1n) is 17.9. The molecule has 50 heavy (non-hydrogen) atoms. The predicted octanol–water partition coefficient (Wildman–Crippen LogP) is 10.8. The molecule has 5 nitrogen and oxygen atoms in total. The Labute approximate surface area is 309 Å². The second-order valence-electron chi connectivity index (χ2n) is 15.1. The van der Waals surface area contributed by atoms with E-state index in [1.165, 1.54) is 5.56 Å². The highest BCUT2D eigenvalue weighted by Gasteiger charge is 2.44. The Hall–Kier alpha value is -3.16. The van der Waals surface area contributed by atoms with Crippen LogP contribution in [0.15, 0.2) is 78.9 Å². The van der Waals surface area contributed by atoms with E-state index < -0.39 is 11.6 Å². The minimum absolute atomic E-state index is 0.0814. The molecule has 1 fully saturated rings. The van der Waals surface area contributed by atoms with Crippen LogP contribution in [0.2, 0.25) is 5.02 Å². The van der Waals surface area contributed by atoms with Crippen LogP contribution in [0.4, 0.5) is 0 Å². The van der Waals surface area contributed by atoms with Crippen molar-refractivity contribution in [3.63, 3.8) is 0 Å². The minimum atomic E-state index is -0.911. The number of pyridine rings is 1. The number of aliphatic hydroxyl groups is 1. The molecule has 268 valence electrons. The summed E-state index contributed by atoms with van der Waals surface area (Å²) in [6.07, 6.45) is 8.02. The van der Waals surface area contributed by atoms with Gasteiger partial charge in [0.1, 0.15) is 0 Å². The number of benzene rings is 3. The molecule has 1 atom stereocenters. The molecular formula is C43H55ClN2O3S. The Morgan fingerprint density at radius 2 is 1.66 bits per heavy atom. The summed E-state index contributed by atoms with van der Waals surface area (Å²) in [5.74, 6) is 1.68. The molecule has 0 saturated heterocycles. The minimum Gasteiger partial charge on any atom is -0.481 e. The van der Waals surface area contributed by atoms with Gasteiger partial charge in [-0.3, -0.25) is 4.79 Å². The highest BCUT2D eigenvalue weighted by molar-refractivity contribution is 7.99. The van der Waals surface area contributed by atoms with Crippen LogP contribution in [0.1, 0.15) is 100 Å². The summed E-state index contributed by atoms with van der Waals surface area (Å²) in [6.45, 7) is 14.9. The normalized spacial score (nSPS) is 14.6. The largest absolute Gasteiger partial charge is 0.481 e. The van der Waals surface area contributed by atoms with Crippen molar-refractivity contribution in [3.05, 3.63) is 112 Å². The zero-order chi connectivity index (χ0) is 36.3. The lowest BCUT2D eigenvalue weighted by Crippen LogP contribution is -2.23. The second-order valence-corrected chi connectivity index (χ2v) is 16.8. The van der Waals surface area contributed by atoms with Crippen LogP contribution in [-0.4, -0.2) is 40.0 Å². The number of carbonyl (C=O) groups is 1. The number of fused-ring (bicyclic) bond motifs is 1. The Kier molecular flexibility index (Phi) is 14.6. The van der Waals surface area contributed by atoms with Gasteiger partial charge in [0.15, 0.2) is 0 Å². The maximum Gasteiger partial charge on any atom is 0.303 e. The third-order valence-electron chi connectivity index (χ3n) is 8.94. The van der Waals surface area contributed by atoms with E-state index in [0.29, 0.717) is 5.02 Å². The quantitative estimate of drug-likeness (QED) is 0.107. The monoisotopic (exact) mass is 714 g/mol. The fourth-order valence-electron chi connectivity index (χ4n) is 6.02. The Morgan fingerprint density at radius 1 is 0.960 bits per heavy atom. The number of hydrogen-bond donors (Lipinski definition) is 3. The molecule has 0 bridgehead atoms. The topological polar surface area (TPSA) is 82.5 Å². The fourth-order valence-corrected chi connectivity index (χ4v) is 7.75. The second kappa shape index (κ2) is 18.4. The van der Waals surface area contributed by atoms with Crippen molar-refractivity contribution in [1.29, 1.82) is 0 Å². The molecule has 0 unspecified atom stereocenters. The van der Waals surface area contributed by atoms with Crippen LogP contribution < -0.4 is 5.32 Å². The van der Waals surface area contributed by atoms with Crippen molar-refractivity contribution in [1.82, 2.24) is 10.3 Å². The van der Waals surface area contributed by atoms with E-state index in [-0.39, 0.29) is 17.1 Å². The molecule has 1 aliphatic rings. The zero-order valence-electron chi connectivity index (χ0n) is 30.6. The molecule has 5 rings (SSSR count). The van der Waals surface area contributed by atoms with Gasteiger partial charge < -0.3 is 15.5 Å². The molecule has 0 aliphatic heterocycles. The smallest absolute Gasteiger partial charge is 0.303 e. The summed E-state index contributed by atoms with van der Waals surface area (Å²) in [5, 5.41) is 25.5. The Morgan fingerprint density at radius 3 is 2.32 bits per heavy atom. The van der Waals surface area contributed by atoms with Gasteiger partial charge in [0, 0.05) is 21.4 Å². The van der Waals surface area contributed by atoms with Gasteiger partial charge in [-0.15, -0.1) is 0 Å². The van der Waals surface area contributed by atoms with E-state index in [4.69, 9.17) is 16.6 Å². The molecule has 0 amide bonds. The van der Waals surface area contributed by atoms with E-state index in [2.05, 4.69) is 75.5 Å². The van der Waals surface area contributed by atoms with E-state index >= 15 is 0 Å². The van der Waals surface area contributed by atoms with E-state index in [1.807, 2.05) is 74.1 Å². The van der Waals surface area contributed by atoms with Crippen molar-refractivity contribution in [2.75, 3.05) is 18.8 Å². The molecule has 1 saturated carbocycles. The molecule has 3 N–H and O–H groups in total. The van der Waals surface area contributed by atoms with Crippen molar-refractivity contribution >= 4 is 52.4 Å². The van der Waals surface area contributed by atoms with Crippen LogP contribution in [0.3, 0.4) is 0 Å². The van der Waals surface area contributed by atoms with Gasteiger partial charge in [-0.1, -0.05) is 106 Å². The lowest BCUT2D eigenvalue weighted by Gasteiger charge is -2.24. The summed E-state index contributed by atoms with van der Waals surface area (Å²) in [6, 6.07) is 26.5. The van der Waals surface area contributed by atoms with E-state index in [1.54, 1.807) is 0 Å². The first-order chi connectivity index (χ1) is 23.7. The lowest BCUT2D eigenvalue weighted by atomic mass is 9.90. The lowest BCUT2D eigenvalue weighted by molar-refractivity contribution is -0.138. The number of nitrogens with one attached hydrogen (secondary N) is 1. The first-order valence-corrected chi connectivity index (χ1v) is 19.3. The standard InChI is InChI=1S/C35H36ClNO3S.C8H19N/c1-34(2,40)30-9-4-3-7-25(30)13-17-32(41-23-35(18-19-35)22-33(38)39)27-8-5-6-24(20-27)10-15-29-16-12-26-11-14-28(36)21-31(26)37-29;1-7(2)5-9-6-8(3)4/h3-12,14-16,20-21,32,40H,13,17-19,22-23H2,1-2H3,(H,38,39);7-9H,5-6H2,1-4H3/b15-10+;/t32-;/m1./s1. The summed E-state index contributed by atoms with van der Waals surface area (Å²) in [4.78, 5) is 16.2. The van der Waals surface area contributed by atoms with Crippen molar-refractivity contribution in [3.8, 4) is 0 Å². The molecule has 4 aromatic rings. The number of nitrogens with zero attached hydrogens (tertiary/aromatic N) is 1. The third-order valence-corrected chi connectivity index (χ3v) is 10.9. The number of aromatic nitrogens is 1. The van der Waals surface area contributed by atoms with E-state index in [9.17, 15) is 15.0 Å². The number of aliphatic carboxylic acids is 1. The number of thioether (sulfide) groups is 1. The number of carboxylic acid groups (broad SMARTS) is 1. The van der Waals surface area contributed by atoms with Gasteiger partial charge in [-0.2, -0.15) is 11.8 Å². The number of hydrogen-bond acceptors (Lipinski definition) is 5. The van der Waals surface area contributed by atoms with Gasteiger partial charge in [0.25, 0.3) is 0 Å². The predicted molar refractivity (Wildman–Crippen MR) is 214 cm³/mol. The number of aryl methyl sites for hydroxylation is 1. The average molecular weight is 715 g/mol. The molecule has 0 radical (unpaired) electrons. The molecule has 1 aromatic heterocycles. The Bertz CT molecular complexity index is 1720. The SMILES string of the molecule is CC(C)(O)c1ccccc1CC[C@@H](SCC1(CC(=O)O)CC1)c1cccc(/C=C/c2ccc3ccc(Cl)cc3n2)c1.CC(C)CNCC(C)C. The van der Waals surface area contributed by atoms with Gasteiger partial charge in [-0.05, 0) is 116 Å². The number of carboxylic acids is 1. The van der Waals surface area contributed by atoms with E-state index in [0.717, 1.165) is 89.6 Å². The molecule has 7 heteroatoms. The van der Waals surface area contributed by atoms with Gasteiger partial charge in [0.2, 0.25) is 0 Å². The van der Waals surface area contributed by atoms with Gasteiger partial charge in [0.05, 0.1) is 23.2 Å². The molecule has 3 aromatic carbocycles. The molecule has 0 spiro atoms. The summed E-state index contributed by atoms with van der Waals surface area (Å²) in [5.41, 5.74) is 5.15. The summed E-state index contributed by atoms with van der Waals surface area (Å²) in [7, 11) is 0. The van der Waals surface area contributed by atoms with Crippen molar-refractivity contribution in [2.45, 2.75) is 84.5 Å². The van der Waals surface area contributed by atoms with Crippen LogP contribution in [0, 0.1) is 17.3 Å². The fraction of sp³-hybridized carbons (Fsp3) is 0.442. The third kappa shape index (κ3) is 12.9. The average Bonchev–Trinajstić information content (AvgIpc) is 3.82. The Balaban J connectivity index is 0.000000551.